The highest BCUT2D eigenvalue weighted by Crippen LogP contribution is 2.38. The molecule has 1 unspecified atom stereocenters. The molecule has 4 aliphatic rings. The van der Waals surface area contributed by atoms with Crippen LogP contribution >= 0.6 is 0 Å². The number of piperazine rings is 1. The highest BCUT2D eigenvalue weighted by atomic mass is 16.2. The van der Waals surface area contributed by atoms with Gasteiger partial charge >= 0.3 is 0 Å². The van der Waals surface area contributed by atoms with E-state index in [-0.39, 0.29) is 23.6 Å². The molecule has 1 aliphatic carbocycles. The van der Waals surface area contributed by atoms with Gasteiger partial charge in [0.25, 0.3) is 5.91 Å². The lowest BCUT2D eigenvalue weighted by atomic mass is 9.76. The summed E-state index contributed by atoms with van der Waals surface area (Å²) in [5.74, 6) is 0.916. The lowest BCUT2D eigenvalue weighted by Crippen LogP contribution is -2.55. The number of hydrogen-bond acceptors (Lipinski definition) is 7. The Labute approximate surface area is 293 Å². The summed E-state index contributed by atoms with van der Waals surface area (Å²) >= 11 is 0. The van der Waals surface area contributed by atoms with E-state index in [1.54, 1.807) is 6.20 Å². The summed E-state index contributed by atoms with van der Waals surface area (Å²) in [6.07, 6.45) is 8.09. The van der Waals surface area contributed by atoms with Crippen LogP contribution in [-0.4, -0.2) is 93.0 Å². The number of fused-ring (bicyclic) bond motifs is 2. The summed E-state index contributed by atoms with van der Waals surface area (Å²) in [5.41, 5.74) is 7.44. The first-order valence-corrected chi connectivity index (χ1v) is 18.4. The third-order valence-electron chi connectivity index (χ3n) is 11.7. The first-order valence-electron chi connectivity index (χ1n) is 18.4. The Hall–Kier alpha value is -4.51. The number of imide groups is 1. The number of rotatable bonds is 6. The standard InChI is InChI=1S/C39H48N8O3/c1-24-22-47(38(50)27-5-4-26-18-32(41-31(26)19-27)36-30-10-13-39(2,3)20-33(30)43-44-36)17-16-46(24)23-25-11-14-45(15-12-25)34-8-6-28(21-40-34)29-7-9-35(48)42-37(29)49/h4-6,8,18-19,21,24-25,29,41H,7,9-17,20,22-23H2,1-3H3,(H,43,44)(H,42,48,49)/t24-,29?/m0/s1. The molecule has 262 valence electrons. The molecular weight excluding hydrogens is 628 g/mol. The molecule has 3 fully saturated rings. The minimum Gasteiger partial charge on any atom is -0.357 e. The maximum atomic E-state index is 13.7. The molecule has 0 radical (unpaired) electrons. The lowest BCUT2D eigenvalue weighted by molar-refractivity contribution is -0.134. The molecule has 11 heteroatoms. The zero-order valence-electron chi connectivity index (χ0n) is 29.4. The number of aromatic amines is 2. The zero-order chi connectivity index (χ0) is 34.6. The van der Waals surface area contributed by atoms with Crippen LogP contribution < -0.4 is 10.2 Å². The summed E-state index contributed by atoms with van der Waals surface area (Å²) in [7, 11) is 0. The van der Waals surface area contributed by atoms with E-state index in [0.717, 1.165) is 111 Å². The highest BCUT2D eigenvalue weighted by molar-refractivity contribution is 6.01. The molecule has 3 saturated heterocycles. The zero-order valence-corrected chi connectivity index (χ0v) is 29.4. The Balaban J connectivity index is 0.838. The van der Waals surface area contributed by atoms with Crippen LogP contribution in [0.25, 0.3) is 22.3 Å². The molecule has 3 N–H and O–H groups in total. The number of H-pyrrole nitrogens is 2. The number of anilines is 1. The normalized spacial score (nSPS) is 23.3. The van der Waals surface area contributed by atoms with Gasteiger partial charge < -0.3 is 14.8 Å². The number of aromatic nitrogens is 4. The molecule has 4 aromatic rings. The van der Waals surface area contributed by atoms with Crippen molar-refractivity contribution in [3.05, 3.63) is 65.0 Å². The van der Waals surface area contributed by atoms with Crippen molar-refractivity contribution < 1.29 is 14.4 Å². The number of benzene rings is 1. The van der Waals surface area contributed by atoms with Crippen LogP contribution in [0, 0.1) is 11.3 Å². The highest BCUT2D eigenvalue weighted by Gasteiger charge is 2.32. The number of carbonyl (C=O) groups excluding carboxylic acids is 3. The van der Waals surface area contributed by atoms with E-state index >= 15 is 0 Å². The summed E-state index contributed by atoms with van der Waals surface area (Å²) in [4.78, 5) is 52.6. The number of amides is 3. The van der Waals surface area contributed by atoms with Crippen LogP contribution in [0.1, 0.15) is 86.0 Å². The largest absolute Gasteiger partial charge is 0.357 e. The third kappa shape index (κ3) is 6.43. The minimum atomic E-state index is -0.306. The number of nitrogens with zero attached hydrogens (tertiary/aromatic N) is 5. The second kappa shape index (κ2) is 13.0. The van der Waals surface area contributed by atoms with Crippen LogP contribution in [0.3, 0.4) is 0 Å². The quantitative estimate of drug-likeness (QED) is 0.244. The van der Waals surface area contributed by atoms with E-state index in [0.29, 0.717) is 30.2 Å². The summed E-state index contributed by atoms with van der Waals surface area (Å²) < 4.78 is 0. The number of pyridine rings is 1. The topological polar surface area (TPSA) is 130 Å². The molecule has 8 rings (SSSR count). The molecule has 11 nitrogen and oxygen atoms in total. The maximum absolute atomic E-state index is 13.7. The predicted molar refractivity (Wildman–Crippen MR) is 193 cm³/mol. The van der Waals surface area contributed by atoms with Crippen molar-refractivity contribution in [3.63, 3.8) is 0 Å². The predicted octanol–water partition coefficient (Wildman–Crippen LogP) is 5.05. The van der Waals surface area contributed by atoms with Gasteiger partial charge in [0.2, 0.25) is 11.8 Å². The Bertz CT molecular complexity index is 1920. The lowest BCUT2D eigenvalue weighted by Gasteiger charge is -2.42. The van der Waals surface area contributed by atoms with Gasteiger partial charge in [-0.05, 0) is 86.6 Å². The van der Waals surface area contributed by atoms with E-state index in [9.17, 15) is 14.4 Å². The van der Waals surface area contributed by atoms with Gasteiger partial charge in [-0.2, -0.15) is 5.10 Å². The van der Waals surface area contributed by atoms with E-state index in [1.165, 1.54) is 11.3 Å². The van der Waals surface area contributed by atoms with Crippen LogP contribution in [0.15, 0.2) is 42.6 Å². The van der Waals surface area contributed by atoms with E-state index in [1.807, 2.05) is 29.2 Å². The fourth-order valence-corrected chi connectivity index (χ4v) is 8.57. The SMILES string of the molecule is C[C@H]1CN(C(=O)c2ccc3cc(-c4n[nH]c5c4CCC(C)(C)C5)[nH]c3c2)CCN1CC1CCN(c2ccc(C3CCC(=O)NC3=O)cn2)CC1. The van der Waals surface area contributed by atoms with E-state index < -0.39 is 0 Å². The van der Waals surface area contributed by atoms with Gasteiger partial charge in [-0.25, -0.2) is 4.98 Å². The number of nitrogens with one attached hydrogen (secondary N) is 3. The molecule has 1 aromatic carbocycles. The fraction of sp³-hybridized carbons (Fsp3) is 0.513. The van der Waals surface area contributed by atoms with Gasteiger partial charge in [-0.1, -0.05) is 26.0 Å². The summed E-state index contributed by atoms with van der Waals surface area (Å²) in [5, 5.41) is 11.5. The van der Waals surface area contributed by atoms with Gasteiger partial charge in [0, 0.05) is 85.7 Å². The monoisotopic (exact) mass is 676 g/mol. The molecule has 6 heterocycles. The Morgan fingerprint density at radius 3 is 2.60 bits per heavy atom. The molecule has 3 aliphatic heterocycles. The second-order valence-corrected chi connectivity index (χ2v) is 15.8. The Kier molecular flexibility index (Phi) is 8.49. The van der Waals surface area contributed by atoms with Crippen molar-refractivity contribution in [2.45, 2.75) is 77.7 Å². The number of piperidine rings is 2. The van der Waals surface area contributed by atoms with Crippen molar-refractivity contribution in [1.29, 1.82) is 0 Å². The average Bonchev–Trinajstić information content (AvgIpc) is 3.72. The van der Waals surface area contributed by atoms with E-state index in [4.69, 9.17) is 5.10 Å². The molecule has 3 amide bonds. The Morgan fingerprint density at radius 1 is 1.00 bits per heavy atom. The van der Waals surface area contributed by atoms with Crippen LogP contribution in [0.2, 0.25) is 0 Å². The van der Waals surface area contributed by atoms with Crippen molar-refractivity contribution in [2.75, 3.05) is 44.2 Å². The van der Waals surface area contributed by atoms with Crippen LogP contribution in [0.5, 0.6) is 0 Å². The van der Waals surface area contributed by atoms with Gasteiger partial charge in [0.05, 0.1) is 11.6 Å². The average molecular weight is 677 g/mol. The van der Waals surface area contributed by atoms with Gasteiger partial charge in [-0.3, -0.25) is 29.7 Å². The first kappa shape index (κ1) is 32.7. The second-order valence-electron chi connectivity index (χ2n) is 15.8. The first-order chi connectivity index (χ1) is 24.1. The van der Waals surface area contributed by atoms with Crippen molar-refractivity contribution in [3.8, 4) is 11.4 Å². The van der Waals surface area contributed by atoms with Crippen LogP contribution in [-0.2, 0) is 22.4 Å². The maximum Gasteiger partial charge on any atom is 0.254 e. The molecule has 0 spiro atoms. The van der Waals surface area contributed by atoms with Crippen molar-refractivity contribution >= 4 is 34.4 Å². The van der Waals surface area contributed by atoms with Crippen molar-refractivity contribution in [1.82, 2.24) is 35.3 Å². The molecule has 0 saturated carbocycles. The van der Waals surface area contributed by atoms with Crippen molar-refractivity contribution in [2.24, 2.45) is 11.3 Å². The van der Waals surface area contributed by atoms with Gasteiger partial charge in [-0.15, -0.1) is 0 Å². The smallest absolute Gasteiger partial charge is 0.254 e. The molecular formula is C39H48N8O3. The van der Waals surface area contributed by atoms with E-state index in [2.05, 4.69) is 63.1 Å². The van der Waals surface area contributed by atoms with Crippen LogP contribution in [0.4, 0.5) is 5.82 Å². The van der Waals surface area contributed by atoms with Gasteiger partial charge in [0.15, 0.2) is 0 Å². The van der Waals surface area contributed by atoms with Gasteiger partial charge in [0.1, 0.15) is 11.5 Å². The molecule has 2 atom stereocenters. The number of carbonyl (C=O) groups is 3. The minimum absolute atomic E-state index is 0.0957. The molecule has 0 bridgehead atoms. The summed E-state index contributed by atoms with van der Waals surface area (Å²) in [6, 6.07) is 12.5. The Morgan fingerprint density at radius 2 is 1.84 bits per heavy atom. The molecule has 50 heavy (non-hydrogen) atoms. The fourth-order valence-electron chi connectivity index (χ4n) is 8.57. The summed E-state index contributed by atoms with van der Waals surface area (Å²) in [6.45, 7) is 12.2. The third-order valence-corrected chi connectivity index (χ3v) is 11.7. The molecule has 3 aromatic heterocycles. The number of hydrogen-bond donors (Lipinski definition) is 3.